The molecule has 3 rings (SSSR count). The lowest BCUT2D eigenvalue weighted by molar-refractivity contribution is 0.249. The van der Waals surface area contributed by atoms with Crippen LogP contribution in [0.3, 0.4) is 0 Å². The smallest absolute Gasteiger partial charge is 0.319 e. The zero-order valence-corrected chi connectivity index (χ0v) is 13.6. The molecule has 0 aromatic heterocycles. The SMILES string of the molecule is COc1cccc(NC(=O)N[C@H](C)c2ccc3c(c2)CCC3)c1. The summed E-state index contributed by atoms with van der Waals surface area (Å²) in [6, 6.07) is 13.6. The number of carbonyl (C=O) groups is 1. The zero-order chi connectivity index (χ0) is 16.2. The monoisotopic (exact) mass is 310 g/mol. The van der Waals surface area contributed by atoms with Gasteiger partial charge in [0.15, 0.2) is 0 Å². The van der Waals surface area contributed by atoms with Gasteiger partial charge in [0.2, 0.25) is 0 Å². The lowest BCUT2D eigenvalue weighted by Gasteiger charge is -2.16. The van der Waals surface area contributed by atoms with E-state index in [9.17, 15) is 4.79 Å². The number of carbonyl (C=O) groups excluding carboxylic acids is 1. The highest BCUT2D eigenvalue weighted by Gasteiger charge is 2.15. The van der Waals surface area contributed by atoms with E-state index in [1.165, 1.54) is 24.0 Å². The maximum atomic E-state index is 12.2. The van der Waals surface area contributed by atoms with Gasteiger partial charge in [-0.1, -0.05) is 24.3 Å². The lowest BCUT2D eigenvalue weighted by atomic mass is 10.0. The summed E-state index contributed by atoms with van der Waals surface area (Å²) in [5.41, 5.74) is 4.72. The van der Waals surface area contributed by atoms with E-state index in [1.807, 2.05) is 25.1 Å². The molecule has 0 saturated carbocycles. The normalized spacial score (nSPS) is 14.0. The number of nitrogens with one attached hydrogen (secondary N) is 2. The second kappa shape index (κ2) is 6.73. The van der Waals surface area contributed by atoms with Crippen molar-refractivity contribution in [2.24, 2.45) is 0 Å². The van der Waals surface area contributed by atoms with Gasteiger partial charge < -0.3 is 15.4 Å². The molecule has 2 N–H and O–H groups in total. The minimum absolute atomic E-state index is 0.0356. The van der Waals surface area contributed by atoms with E-state index in [0.29, 0.717) is 5.69 Å². The number of hydrogen-bond acceptors (Lipinski definition) is 2. The average molecular weight is 310 g/mol. The number of methoxy groups -OCH3 is 1. The van der Waals surface area contributed by atoms with Gasteiger partial charge in [0.25, 0.3) is 0 Å². The molecule has 0 saturated heterocycles. The van der Waals surface area contributed by atoms with Crippen molar-refractivity contribution >= 4 is 11.7 Å². The first kappa shape index (κ1) is 15.4. The Morgan fingerprint density at radius 3 is 2.78 bits per heavy atom. The Balaban J connectivity index is 1.62. The second-order valence-electron chi connectivity index (χ2n) is 5.93. The fourth-order valence-corrected chi connectivity index (χ4v) is 3.01. The first-order valence-corrected chi connectivity index (χ1v) is 7.99. The van der Waals surface area contributed by atoms with E-state index in [-0.39, 0.29) is 12.1 Å². The fraction of sp³-hybridized carbons (Fsp3) is 0.316. The van der Waals surface area contributed by atoms with Gasteiger partial charge in [-0.2, -0.15) is 0 Å². The zero-order valence-electron chi connectivity index (χ0n) is 13.6. The first-order valence-electron chi connectivity index (χ1n) is 7.99. The van der Waals surface area contributed by atoms with E-state index in [0.717, 1.165) is 17.7 Å². The minimum atomic E-state index is -0.216. The van der Waals surface area contributed by atoms with Crippen LogP contribution in [0.15, 0.2) is 42.5 Å². The van der Waals surface area contributed by atoms with Crippen molar-refractivity contribution < 1.29 is 9.53 Å². The highest BCUT2D eigenvalue weighted by molar-refractivity contribution is 5.89. The highest BCUT2D eigenvalue weighted by atomic mass is 16.5. The molecule has 1 aliphatic rings. The Kier molecular flexibility index (Phi) is 4.51. The number of urea groups is 1. The summed E-state index contributed by atoms with van der Waals surface area (Å²) < 4.78 is 5.16. The van der Waals surface area contributed by atoms with Crippen molar-refractivity contribution in [3.05, 3.63) is 59.2 Å². The van der Waals surface area contributed by atoms with Crippen molar-refractivity contribution in [1.29, 1.82) is 0 Å². The van der Waals surface area contributed by atoms with Crippen LogP contribution in [0.25, 0.3) is 0 Å². The third kappa shape index (κ3) is 3.65. The fourth-order valence-electron chi connectivity index (χ4n) is 3.01. The summed E-state index contributed by atoms with van der Waals surface area (Å²) in [6.45, 7) is 2.00. The number of benzene rings is 2. The van der Waals surface area contributed by atoms with Crippen LogP contribution >= 0.6 is 0 Å². The summed E-state index contributed by atoms with van der Waals surface area (Å²) in [5.74, 6) is 0.717. The van der Waals surface area contributed by atoms with Crippen molar-refractivity contribution in [3.8, 4) is 5.75 Å². The number of ether oxygens (including phenoxy) is 1. The number of amides is 2. The van der Waals surface area contributed by atoms with Crippen LogP contribution in [0.5, 0.6) is 5.75 Å². The quantitative estimate of drug-likeness (QED) is 0.894. The van der Waals surface area contributed by atoms with Crippen molar-refractivity contribution in [2.75, 3.05) is 12.4 Å². The van der Waals surface area contributed by atoms with E-state index in [1.54, 1.807) is 13.2 Å². The molecule has 1 aliphatic carbocycles. The number of anilines is 1. The standard InChI is InChI=1S/C19H22N2O2/c1-13(15-10-9-14-5-3-6-16(14)11-15)20-19(22)21-17-7-4-8-18(12-17)23-2/h4,7-13H,3,5-6H2,1-2H3,(H2,20,21,22)/t13-/m1/s1. The number of rotatable bonds is 4. The molecule has 1 atom stereocenters. The van der Waals surface area contributed by atoms with Crippen LogP contribution in [-0.4, -0.2) is 13.1 Å². The highest BCUT2D eigenvalue weighted by Crippen LogP contribution is 2.25. The first-order chi connectivity index (χ1) is 11.2. The topological polar surface area (TPSA) is 50.4 Å². The molecule has 23 heavy (non-hydrogen) atoms. The van der Waals surface area contributed by atoms with Gasteiger partial charge >= 0.3 is 6.03 Å². The largest absolute Gasteiger partial charge is 0.497 e. The van der Waals surface area contributed by atoms with Crippen LogP contribution < -0.4 is 15.4 Å². The molecule has 4 nitrogen and oxygen atoms in total. The van der Waals surface area contributed by atoms with E-state index < -0.39 is 0 Å². The average Bonchev–Trinajstić information content (AvgIpc) is 3.02. The van der Waals surface area contributed by atoms with Gasteiger partial charge in [-0.05, 0) is 55.0 Å². The van der Waals surface area contributed by atoms with Gasteiger partial charge in [0, 0.05) is 11.8 Å². The predicted octanol–water partition coefficient (Wildman–Crippen LogP) is 4.07. The minimum Gasteiger partial charge on any atom is -0.497 e. The summed E-state index contributed by atoms with van der Waals surface area (Å²) in [6.07, 6.45) is 3.55. The molecule has 0 unspecified atom stereocenters. The molecule has 0 aliphatic heterocycles. The lowest BCUT2D eigenvalue weighted by Crippen LogP contribution is -2.31. The number of fused-ring (bicyclic) bond motifs is 1. The molecule has 0 radical (unpaired) electrons. The Labute approximate surface area is 136 Å². The van der Waals surface area contributed by atoms with Crippen LogP contribution in [-0.2, 0) is 12.8 Å². The van der Waals surface area contributed by atoms with Crippen LogP contribution in [0.4, 0.5) is 10.5 Å². The molecular weight excluding hydrogens is 288 g/mol. The van der Waals surface area contributed by atoms with Gasteiger partial charge in [-0.3, -0.25) is 0 Å². The van der Waals surface area contributed by atoms with Crippen molar-refractivity contribution in [2.45, 2.75) is 32.2 Å². The Bertz CT molecular complexity index is 712. The maximum absolute atomic E-state index is 12.2. The van der Waals surface area contributed by atoms with Gasteiger partial charge in [-0.15, -0.1) is 0 Å². The van der Waals surface area contributed by atoms with Crippen LogP contribution in [0.2, 0.25) is 0 Å². The molecule has 0 fully saturated rings. The number of hydrogen-bond donors (Lipinski definition) is 2. The Morgan fingerprint density at radius 1 is 1.13 bits per heavy atom. The van der Waals surface area contributed by atoms with E-state index in [4.69, 9.17) is 4.74 Å². The van der Waals surface area contributed by atoms with Crippen molar-refractivity contribution in [3.63, 3.8) is 0 Å². The molecule has 0 spiro atoms. The van der Waals surface area contributed by atoms with Gasteiger partial charge in [-0.25, -0.2) is 4.79 Å². The molecule has 2 aromatic carbocycles. The molecule has 2 aromatic rings. The third-order valence-corrected chi connectivity index (χ3v) is 4.30. The summed E-state index contributed by atoms with van der Waals surface area (Å²) in [7, 11) is 1.61. The van der Waals surface area contributed by atoms with Gasteiger partial charge in [0.05, 0.1) is 13.2 Å². The summed E-state index contributed by atoms with van der Waals surface area (Å²) in [4.78, 5) is 12.2. The predicted molar refractivity (Wildman–Crippen MR) is 92.0 cm³/mol. The van der Waals surface area contributed by atoms with Crippen LogP contribution in [0, 0.1) is 0 Å². The number of aryl methyl sites for hydroxylation is 2. The maximum Gasteiger partial charge on any atom is 0.319 e. The molecular formula is C19H22N2O2. The van der Waals surface area contributed by atoms with E-state index >= 15 is 0 Å². The van der Waals surface area contributed by atoms with E-state index in [2.05, 4.69) is 28.8 Å². The molecule has 0 heterocycles. The molecule has 4 heteroatoms. The third-order valence-electron chi connectivity index (χ3n) is 4.30. The molecule has 2 amide bonds. The summed E-state index contributed by atoms with van der Waals surface area (Å²) >= 11 is 0. The van der Waals surface area contributed by atoms with Crippen LogP contribution in [0.1, 0.15) is 36.1 Å². The Morgan fingerprint density at radius 2 is 1.96 bits per heavy atom. The Hall–Kier alpha value is -2.49. The van der Waals surface area contributed by atoms with Crippen molar-refractivity contribution in [1.82, 2.24) is 5.32 Å². The molecule has 0 bridgehead atoms. The second-order valence-corrected chi connectivity index (χ2v) is 5.93. The van der Waals surface area contributed by atoms with Gasteiger partial charge in [0.1, 0.15) is 5.75 Å². The summed E-state index contributed by atoms with van der Waals surface area (Å²) in [5, 5.41) is 5.82. The molecule has 120 valence electrons.